The summed E-state index contributed by atoms with van der Waals surface area (Å²) >= 11 is 0. The van der Waals surface area contributed by atoms with Crippen molar-refractivity contribution in [1.29, 1.82) is 0 Å². The maximum absolute atomic E-state index is 13.1. The molecule has 0 spiro atoms. The summed E-state index contributed by atoms with van der Waals surface area (Å²) in [5.74, 6) is 0.623. The highest BCUT2D eigenvalue weighted by molar-refractivity contribution is 5.80. The molecule has 2 saturated heterocycles. The lowest BCUT2D eigenvalue weighted by atomic mass is 10.2. The number of ether oxygens (including phenoxy) is 1. The van der Waals surface area contributed by atoms with Crippen molar-refractivity contribution in [2.75, 3.05) is 46.4 Å². The molecule has 1 atom stereocenters. The molecule has 2 fully saturated rings. The Kier molecular flexibility index (Phi) is 5.71. The lowest BCUT2D eigenvalue weighted by Crippen LogP contribution is -2.46. The average Bonchev–Trinajstić information content (AvgIpc) is 3.23. The van der Waals surface area contributed by atoms with Gasteiger partial charge in [-0.1, -0.05) is 0 Å². The number of morpholine rings is 1. The zero-order chi connectivity index (χ0) is 18.7. The lowest BCUT2D eigenvalue weighted by molar-refractivity contribution is -0.142. The molecule has 0 radical (unpaired) electrons. The fourth-order valence-corrected chi connectivity index (χ4v) is 3.59. The van der Waals surface area contributed by atoms with Gasteiger partial charge in [-0.3, -0.25) is 14.6 Å². The number of guanidine groups is 1. The molecule has 26 heavy (non-hydrogen) atoms. The number of likely N-dealkylation sites (tertiary alicyclic amines) is 1. The summed E-state index contributed by atoms with van der Waals surface area (Å²) in [4.78, 5) is 8.76. The second-order valence-corrected chi connectivity index (χ2v) is 6.61. The fraction of sp³-hybridized carbons (Fsp3) is 0.750. The molecule has 0 aliphatic carbocycles. The SMILES string of the molecule is CN=C(NCc1cn(C)nc1C(F)(F)F)N1CCC(N2CCOCC2)C1. The van der Waals surface area contributed by atoms with Crippen molar-refractivity contribution in [3.05, 3.63) is 17.5 Å². The Morgan fingerprint density at radius 2 is 2.08 bits per heavy atom. The molecule has 3 heterocycles. The van der Waals surface area contributed by atoms with E-state index in [4.69, 9.17) is 4.74 Å². The summed E-state index contributed by atoms with van der Waals surface area (Å²) in [7, 11) is 3.14. The van der Waals surface area contributed by atoms with Crippen molar-refractivity contribution in [3.63, 3.8) is 0 Å². The highest BCUT2D eigenvalue weighted by Gasteiger charge is 2.37. The second kappa shape index (κ2) is 7.83. The van der Waals surface area contributed by atoms with Gasteiger partial charge in [0.15, 0.2) is 11.7 Å². The first kappa shape index (κ1) is 19.0. The smallest absolute Gasteiger partial charge is 0.379 e. The molecular weight excluding hydrogens is 349 g/mol. The molecule has 3 rings (SSSR count). The largest absolute Gasteiger partial charge is 0.435 e. The van der Waals surface area contributed by atoms with Crippen LogP contribution in [0.3, 0.4) is 0 Å². The van der Waals surface area contributed by atoms with Crippen LogP contribution in [-0.4, -0.2) is 78.0 Å². The Morgan fingerprint density at radius 3 is 2.73 bits per heavy atom. The van der Waals surface area contributed by atoms with Crippen LogP contribution >= 0.6 is 0 Å². The molecule has 0 bridgehead atoms. The Morgan fingerprint density at radius 1 is 1.35 bits per heavy atom. The van der Waals surface area contributed by atoms with E-state index in [1.807, 2.05) is 0 Å². The van der Waals surface area contributed by atoms with Gasteiger partial charge in [-0.2, -0.15) is 18.3 Å². The van der Waals surface area contributed by atoms with Crippen LogP contribution in [0, 0.1) is 0 Å². The van der Waals surface area contributed by atoms with E-state index in [2.05, 4.69) is 25.2 Å². The molecule has 1 unspecified atom stereocenters. The summed E-state index contributed by atoms with van der Waals surface area (Å²) < 4.78 is 45.8. The number of nitrogens with one attached hydrogen (secondary N) is 1. The first-order valence-corrected chi connectivity index (χ1v) is 8.75. The standard InChI is InChI=1S/C16H25F3N6O/c1-20-15(21-9-12-10-23(2)22-14(12)16(17,18)19)25-4-3-13(11-25)24-5-7-26-8-6-24/h10,13H,3-9,11H2,1-2H3,(H,20,21). The third-order valence-electron chi connectivity index (χ3n) is 4.85. The number of nitrogens with zero attached hydrogens (tertiary/aromatic N) is 5. The van der Waals surface area contributed by atoms with Crippen LogP contribution < -0.4 is 5.32 Å². The molecule has 2 aliphatic heterocycles. The summed E-state index contributed by atoms with van der Waals surface area (Å²) in [6.45, 7) is 5.05. The zero-order valence-electron chi connectivity index (χ0n) is 15.1. The molecule has 2 aliphatic rings. The van der Waals surface area contributed by atoms with E-state index in [0.29, 0.717) is 12.0 Å². The minimum Gasteiger partial charge on any atom is -0.379 e. The molecule has 1 N–H and O–H groups in total. The van der Waals surface area contributed by atoms with Crippen molar-refractivity contribution in [2.24, 2.45) is 12.0 Å². The third kappa shape index (κ3) is 4.29. The van der Waals surface area contributed by atoms with Crippen LogP contribution in [0.5, 0.6) is 0 Å². The second-order valence-electron chi connectivity index (χ2n) is 6.61. The number of aryl methyl sites for hydroxylation is 1. The maximum atomic E-state index is 13.1. The highest BCUT2D eigenvalue weighted by Crippen LogP contribution is 2.30. The Labute approximate surface area is 150 Å². The number of halogens is 3. The summed E-state index contributed by atoms with van der Waals surface area (Å²) in [5, 5.41) is 6.59. The van der Waals surface area contributed by atoms with E-state index in [0.717, 1.165) is 45.8 Å². The summed E-state index contributed by atoms with van der Waals surface area (Å²) in [6.07, 6.45) is -2.05. The fourth-order valence-electron chi connectivity index (χ4n) is 3.59. The van der Waals surface area contributed by atoms with Crippen LogP contribution in [0.2, 0.25) is 0 Å². The van der Waals surface area contributed by atoms with Gasteiger partial charge in [-0.15, -0.1) is 0 Å². The van der Waals surface area contributed by atoms with Crippen molar-refractivity contribution in [2.45, 2.75) is 25.2 Å². The number of alkyl halides is 3. The molecule has 0 amide bonds. The Hall–Kier alpha value is -1.81. The quantitative estimate of drug-likeness (QED) is 0.630. The number of aromatic nitrogens is 2. The number of aliphatic imine (C=N–C) groups is 1. The van der Waals surface area contributed by atoms with E-state index in [-0.39, 0.29) is 12.1 Å². The number of hydrogen-bond donors (Lipinski definition) is 1. The monoisotopic (exact) mass is 374 g/mol. The third-order valence-corrected chi connectivity index (χ3v) is 4.85. The van der Waals surface area contributed by atoms with Gasteiger partial charge in [-0.25, -0.2) is 0 Å². The topological polar surface area (TPSA) is 57.9 Å². The first-order chi connectivity index (χ1) is 12.4. The van der Waals surface area contributed by atoms with E-state index in [1.165, 1.54) is 17.9 Å². The molecule has 1 aromatic heterocycles. The van der Waals surface area contributed by atoms with Gasteiger partial charge in [0.05, 0.1) is 13.2 Å². The minimum atomic E-state index is -4.46. The van der Waals surface area contributed by atoms with E-state index in [1.54, 1.807) is 7.05 Å². The van der Waals surface area contributed by atoms with Gasteiger partial charge < -0.3 is 15.0 Å². The molecule has 0 saturated carbocycles. The molecular formula is C16H25F3N6O. The maximum Gasteiger partial charge on any atom is 0.435 e. The van der Waals surface area contributed by atoms with E-state index < -0.39 is 11.9 Å². The van der Waals surface area contributed by atoms with Crippen LogP contribution in [0.4, 0.5) is 13.2 Å². The van der Waals surface area contributed by atoms with Crippen molar-refractivity contribution in [3.8, 4) is 0 Å². The van der Waals surface area contributed by atoms with Crippen molar-refractivity contribution in [1.82, 2.24) is 24.9 Å². The molecule has 10 heteroatoms. The van der Waals surface area contributed by atoms with Gasteiger partial charge in [-0.05, 0) is 6.42 Å². The van der Waals surface area contributed by atoms with Crippen molar-refractivity contribution >= 4 is 5.96 Å². The van der Waals surface area contributed by atoms with Crippen LogP contribution in [-0.2, 0) is 24.5 Å². The van der Waals surface area contributed by atoms with Crippen LogP contribution in [0.25, 0.3) is 0 Å². The van der Waals surface area contributed by atoms with Gasteiger partial charge in [0.1, 0.15) is 0 Å². The van der Waals surface area contributed by atoms with Crippen LogP contribution in [0.1, 0.15) is 17.7 Å². The molecule has 7 nitrogen and oxygen atoms in total. The summed E-state index contributed by atoms with van der Waals surface area (Å²) in [6, 6.07) is 0.432. The number of rotatable bonds is 3. The van der Waals surface area contributed by atoms with Gasteiger partial charge >= 0.3 is 6.18 Å². The van der Waals surface area contributed by atoms with E-state index in [9.17, 15) is 13.2 Å². The van der Waals surface area contributed by atoms with Crippen molar-refractivity contribution < 1.29 is 17.9 Å². The van der Waals surface area contributed by atoms with Gasteiger partial charge in [0.25, 0.3) is 0 Å². The molecule has 0 aromatic carbocycles. The van der Waals surface area contributed by atoms with Gasteiger partial charge in [0.2, 0.25) is 0 Å². The summed E-state index contributed by atoms with van der Waals surface area (Å²) in [5.41, 5.74) is -0.736. The first-order valence-electron chi connectivity index (χ1n) is 8.75. The molecule has 1 aromatic rings. The van der Waals surface area contributed by atoms with E-state index >= 15 is 0 Å². The molecule has 146 valence electrons. The normalized spacial score (nSPS) is 22.9. The Bertz CT molecular complexity index is 638. The Balaban J connectivity index is 1.59. The average molecular weight is 374 g/mol. The zero-order valence-corrected chi connectivity index (χ0v) is 15.1. The predicted molar refractivity (Wildman–Crippen MR) is 90.8 cm³/mol. The predicted octanol–water partition coefficient (Wildman–Crippen LogP) is 0.921. The highest BCUT2D eigenvalue weighted by atomic mass is 19.4. The van der Waals surface area contributed by atoms with Crippen LogP contribution in [0.15, 0.2) is 11.2 Å². The van der Waals surface area contributed by atoms with Gasteiger partial charge in [0, 0.05) is 64.6 Å². The lowest BCUT2D eigenvalue weighted by Gasteiger charge is -2.32. The number of hydrogen-bond acceptors (Lipinski definition) is 4. The minimum absolute atomic E-state index is 0.0358.